The Morgan fingerprint density at radius 2 is 0.961 bits per heavy atom. The van der Waals surface area contributed by atoms with E-state index >= 15 is 0 Å². The number of hydrogen-bond acceptors (Lipinski definition) is 4. The quantitative estimate of drug-likeness (QED) is 0.121. The number of hydrogen-bond donors (Lipinski definition) is 0. The first-order valence-electron chi connectivity index (χ1n) is 27.4. The molecule has 0 unspecified atom stereocenters. The minimum absolute atomic E-state index is 0.0192. The molecule has 0 bridgehead atoms. The molecule has 0 fully saturated rings. The zero-order valence-corrected chi connectivity index (χ0v) is 46.4. The van der Waals surface area contributed by atoms with Crippen molar-refractivity contribution in [2.24, 2.45) is 0 Å². The van der Waals surface area contributed by atoms with Crippen LogP contribution in [-0.4, -0.2) is 6.71 Å². The van der Waals surface area contributed by atoms with E-state index in [9.17, 15) is 0 Å². The molecule has 0 aliphatic carbocycles. The van der Waals surface area contributed by atoms with Crippen molar-refractivity contribution in [1.29, 1.82) is 0 Å². The smallest absolute Gasteiger partial charge is 0.264 e. The van der Waals surface area contributed by atoms with Crippen molar-refractivity contribution < 1.29 is 0 Å². The second kappa shape index (κ2) is 17.2. The number of benzene rings is 11. The highest BCUT2D eigenvalue weighted by molar-refractivity contribution is 7.33. The second-order valence-corrected chi connectivity index (χ2v) is 25.7. The van der Waals surface area contributed by atoms with Gasteiger partial charge in [-0.1, -0.05) is 190 Å². The van der Waals surface area contributed by atoms with Crippen LogP contribution in [0, 0.1) is 0 Å². The number of para-hydroxylation sites is 2. The predicted octanol–water partition coefficient (Wildman–Crippen LogP) is 18.9. The van der Waals surface area contributed by atoms with Crippen LogP contribution in [-0.2, 0) is 16.2 Å². The summed E-state index contributed by atoms with van der Waals surface area (Å²) < 4.78 is 2.68. The summed E-state index contributed by atoms with van der Waals surface area (Å²) in [7, 11) is 0. The fraction of sp³-hybridized carbons (Fsp3) is 0.167. The van der Waals surface area contributed by atoms with Gasteiger partial charge in [-0.05, 0) is 167 Å². The first-order chi connectivity index (χ1) is 37.1. The SMILES string of the molecule is CC(C)(C)c1ccc(N2c3cccc4c3B(c3ccc(N(c5ccccc5)c5ccccc5)cc3N4c3ccc(C(C)(C)C)cc3-c3ccc4ccc5cccc6ccc3c4c56)c3sc4ccc(C(C)(C)C)cc4c32)cc1. The molecular weight excluding hydrogens is 950 g/mol. The van der Waals surface area contributed by atoms with Crippen LogP contribution in [0.15, 0.2) is 212 Å². The maximum absolute atomic E-state index is 2.64. The molecule has 0 saturated carbocycles. The van der Waals surface area contributed by atoms with E-state index in [-0.39, 0.29) is 23.0 Å². The third-order valence-corrected chi connectivity index (χ3v) is 17.9. The molecule has 77 heavy (non-hydrogen) atoms. The molecule has 0 N–H and O–H groups in total. The van der Waals surface area contributed by atoms with Crippen molar-refractivity contribution in [2.75, 3.05) is 14.7 Å². The number of nitrogens with zero attached hydrogens (tertiary/aromatic N) is 3. The van der Waals surface area contributed by atoms with Gasteiger partial charge in [0.25, 0.3) is 6.71 Å². The summed E-state index contributed by atoms with van der Waals surface area (Å²) in [5.41, 5.74) is 19.5. The van der Waals surface area contributed by atoms with Crippen LogP contribution >= 0.6 is 11.3 Å². The monoisotopic (exact) mass is 1010 g/mol. The largest absolute Gasteiger partial charge is 0.311 e. The number of thiophene rings is 1. The lowest BCUT2D eigenvalue weighted by Crippen LogP contribution is -2.60. The van der Waals surface area contributed by atoms with Crippen LogP contribution in [0.3, 0.4) is 0 Å². The van der Waals surface area contributed by atoms with Gasteiger partial charge in [-0.3, -0.25) is 0 Å². The standard InChI is InChI=1S/C72H62BN3S/c1-70(2,3)48-30-34-53(35-31-48)75-61-24-17-25-62-67(61)73(69-68(75)58-43-50(72(7,8)9)33-41-64(58)77-69)59-39-36-54(74(51-20-12-10-13-21-51)52-22-14-11-15-23-52)44-63(59)76(62)60-40-32-49(71(4,5)6)42-57(60)55-37-28-47-27-26-45-18-16-19-46-29-38-56(55)66(47)65(45)46/h10-44H,1-9H3. The number of rotatable bonds is 6. The summed E-state index contributed by atoms with van der Waals surface area (Å²) in [5.74, 6) is 0. The Balaban J connectivity index is 1.09. The summed E-state index contributed by atoms with van der Waals surface area (Å²) in [5, 5.41) is 9.04. The van der Waals surface area contributed by atoms with Crippen molar-refractivity contribution >= 4 is 127 Å². The molecule has 3 nitrogen and oxygen atoms in total. The van der Waals surface area contributed by atoms with E-state index in [0.717, 1.165) is 22.7 Å². The van der Waals surface area contributed by atoms with Crippen molar-refractivity contribution in [1.82, 2.24) is 0 Å². The Labute approximate surface area is 458 Å². The molecule has 0 atom stereocenters. The van der Waals surface area contributed by atoms with E-state index in [1.807, 2.05) is 11.3 Å². The Kier molecular flexibility index (Phi) is 10.6. The van der Waals surface area contributed by atoms with Gasteiger partial charge >= 0.3 is 0 Å². The molecule has 374 valence electrons. The molecule has 12 aromatic rings. The van der Waals surface area contributed by atoms with Crippen molar-refractivity contribution in [2.45, 2.75) is 78.6 Å². The van der Waals surface area contributed by atoms with Gasteiger partial charge in [-0.15, -0.1) is 11.3 Å². The van der Waals surface area contributed by atoms with E-state index in [2.05, 4.69) is 289 Å². The van der Waals surface area contributed by atoms with Gasteiger partial charge in [-0.2, -0.15) is 0 Å². The van der Waals surface area contributed by atoms with E-state index in [4.69, 9.17) is 0 Å². The van der Waals surface area contributed by atoms with E-state index in [1.54, 1.807) is 0 Å². The highest BCUT2D eigenvalue weighted by atomic mass is 32.1. The summed E-state index contributed by atoms with van der Waals surface area (Å²) >= 11 is 1.97. The van der Waals surface area contributed by atoms with Gasteiger partial charge in [0.05, 0.1) is 11.4 Å². The lowest BCUT2D eigenvalue weighted by Gasteiger charge is -2.44. The zero-order valence-electron chi connectivity index (χ0n) is 45.5. The Morgan fingerprint density at radius 3 is 1.62 bits per heavy atom. The van der Waals surface area contributed by atoms with Gasteiger partial charge in [0.15, 0.2) is 0 Å². The van der Waals surface area contributed by atoms with E-state index in [0.29, 0.717) is 0 Å². The van der Waals surface area contributed by atoms with Gasteiger partial charge < -0.3 is 14.7 Å². The van der Waals surface area contributed by atoms with Crippen LogP contribution < -0.4 is 30.4 Å². The molecule has 2 aliphatic rings. The van der Waals surface area contributed by atoms with Crippen molar-refractivity contribution in [3.8, 4) is 11.1 Å². The van der Waals surface area contributed by atoms with Crippen LogP contribution in [0.5, 0.6) is 0 Å². The number of anilines is 9. The first-order valence-corrected chi connectivity index (χ1v) is 28.2. The minimum Gasteiger partial charge on any atom is -0.311 e. The maximum atomic E-state index is 2.64. The lowest BCUT2D eigenvalue weighted by molar-refractivity contribution is 0.590. The molecule has 0 radical (unpaired) electrons. The third-order valence-electron chi connectivity index (χ3n) is 16.6. The Morgan fingerprint density at radius 1 is 0.390 bits per heavy atom. The van der Waals surface area contributed by atoms with Gasteiger partial charge in [0.1, 0.15) is 0 Å². The minimum atomic E-state index is -0.0968. The molecule has 0 amide bonds. The molecule has 14 rings (SSSR count). The fourth-order valence-electron chi connectivity index (χ4n) is 12.6. The van der Waals surface area contributed by atoms with Crippen molar-refractivity contribution in [3.05, 3.63) is 229 Å². The number of fused-ring (bicyclic) bond motifs is 6. The van der Waals surface area contributed by atoms with Crippen LogP contribution in [0.1, 0.15) is 79.0 Å². The van der Waals surface area contributed by atoms with Gasteiger partial charge in [-0.25, -0.2) is 0 Å². The molecular formula is C72H62BN3S. The van der Waals surface area contributed by atoms with Crippen LogP contribution in [0.2, 0.25) is 0 Å². The normalized spacial score (nSPS) is 13.4. The average molecular weight is 1010 g/mol. The molecule has 0 spiro atoms. The van der Waals surface area contributed by atoms with Crippen molar-refractivity contribution in [3.63, 3.8) is 0 Å². The summed E-state index contributed by atoms with van der Waals surface area (Å²) in [6, 6.07) is 80.9. The molecule has 2 aliphatic heterocycles. The van der Waals surface area contributed by atoms with Gasteiger partial charge in [0.2, 0.25) is 0 Å². The predicted molar refractivity (Wildman–Crippen MR) is 336 cm³/mol. The molecule has 3 heterocycles. The maximum Gasteiger partial charge on any atom is 0.264 e. The van der Waals surface area contributed by atoms with Gasteiger partial charge in [0, 0.05) is 60.2 Å². The zero-order chi connectivity index (χ0) is 52.7. The fourth-order valence-corrected chi connectivity index (χ4v) is 13.9. The summed E-state index contributed by atoms with van der Waals surface area (Å²) in [6.07, 6.45) is 0. The molecule has 5 heteroatoms. The third kappa shape index (κ3) is 7.53. The molecule has 1 aromatic heterocycles. The molecule has 0 saturated heterocycles. The Hall–Kier alpha value is -8.12. The molecule has 11 aromatic carbocycles. The van der Waals surface area contributed by atoms with E-state index in [1.165, 1.54) is 114 Å². The first kappa shape index (κ1) is 47.3. The summed E-state index contributed by atoms with van der Waals surface area (Å²) in [4.78, 5) is 7.66. The van der Waals surface area contributed by atoms with Crippen LogP contribution in [0.4, 0.5) is 51.2 Å². The highest BCUT2D eigenvalue weighted by Gasteiger charge is 2.46. The highest BCUT2D eigenvalue weighted by Crippen LogP contribution is 2.52. The van der Waals surface area contributed by atoms with Crippen LogP contribution in [0.25, 0.3) is 53.5 Å². The topological polar surface area (TPSA) is 9.72 Å². The second-order valence-electron chi connectivity index (χ2n) is 24.6. The average Bonchev–Trinajstić information content (AvgIpc) is 4.06. The lowest BCUT2D eigenvalue weighted by atomic mass is 9.36. The summed E-state index contributed by atoms with van der Waals surface area (Å²) in [6.45, 7) is 20.9. The van der Waals surface area contributed by atoms with E-state index < -0.39 is 0 Å². The Bertz CT molecular complexity index is 4230.